The zero-order valence-electron chi connectivity index (χ0n) is 55.6. The lowest BCUT2D eigenvalue weighted by molar-refractivity contribution is 0.590. The molecule has 0 bridgehead atoms. The smallest absolute Gasteiger partial charge is 0.252 e. The minimum atomic E-state index is -0.243. The van der Waals surface area contributed by atoms with Crippen molar-refractivity contribution in [2.24, 2.45) is 0 Å². The van der Waals surface area contributed by atoms with E-state index in [1.54, 1.807) is 0 Å². The van der Waals surface area contributed by atoms with E-state index in [4.69, 9.17) is 0 Å². The Morgan fingerprint density at radius 1 is 0.278 bits per heavy atom. The zero-order valence-corrected chi connectivity index (χ0v) is 55.6. The largest absolute Gasteiger partial charge is 0.310 e. The fourth-order valence-electron chi connectivity index (χ4n) is 15.3. The molecule has 0 atom stereocenters. The van der Waals surface area contributed by atoms with Crippen molar-refractivity contribution in [1.82, 2.24) is 4.57 Å². The van der Waals surface area contributed by atoms with Gasteiger partial charge in [-0.1, -0.05) is 296 Å². The van der Waals surface area contributed by atoms with Gasteiger partial charge in [-0.3, -0.25) is 0 Å². The van der Waals surface area contributed by atoms with Gasteiger partial charge in [0, 0.05) is 72.8 Å². The molecule has 5 heteroatoms. The summed E-state index contributed by atoms with van der Waals surface area (Å²) in [5.74, 6) is 0. The van der Waals surface area contributed by atoms with Gasteiger partial charge >= 0.3 is 0 Å². The Labute approximate surface area is 570 Å². The van der Waals surface area contributed by atoms with Crippen molar-refractivity contribution in [2.45, 2.75) is 52.4 Å². The van der Waals surface area contributed by atoms with E-state index in [-0.39, 0.29) is 17.5 Å². The van der Waals surface area contributed by atoms with E-state index in [9.17, 15) is 0 Å². The van der Waals surface area contributed by atoms with Crippen LogP contribution in [0, 0.1) is 0 Å². The molecule has 17 rings (SSSR count). The lowest BCUT2D eigenvalue weighted by atomic mass is 9.33. The molecule has 15 aromatic rings. The molecule has 3 heterocycles. The Balaban J connectivity index is 1.08. The van der Waals surface area contributed by atoms with Crippen LogP contribution in [0.25, 0.3) is 83.1 Å². The molecule has 0 saturated carbocycles. The van der Waals surface area contributed by atoms with Gasteiger partial charge in [-0.05, 0) is 151 Å². The monoisotopic (exact) mass is 1240 g/mol. The molecule has 4 nitrogen and oxygen atoms in total. The molecular formula is C92H73BN4. The standard InChI is InChI=1S/C92H73BN4/c1-91(2,3)68-49-54-82-78(57-68)79-58-69(92(4,5)6)50-55-83(79)95(82)73-60-86-88-87(61-73)97(90-76(65-36-20-10-21-37-65)46-29-47-77(90)66-38-22-11-23-39-66)85-59-72(94(70-40-24-12-25-41-70)71-42-26-13-27-43-71)51-53-81(85)93(88)80-52-48-67(62-30-14-7-15-31-62)56-84(80)96(86)89-74(63-32-16-8-17-33-63)44-28-45-75(89)64-34-18-9-19-35-64/h7-61H,1-6H3. The predicted molar refractivity (Wildman–Crippen MR) is 414 cm³/mol. The van der Waals surface area contributed by atoms with Crippen LogP contribution in [0.1, 0.15) is 52.7 Å². The van der Waals surface area contributed by atoms with Crippen LogP contribution in [0.5, 0.6) is 0 Å². The van der Waals surface area contributed by atoms with Crippen molar-refractivity contribution < 1.29 is 0 Å². The number of anilines is 9. The topological polar surface area (TPSA) is 14.7 Å². The third-order valence-electron chi connectivity index (χ3n) is 20.0. The zero-order chi connectivity index (χ0) is 65.5. The van der Waals surface area contributed by atoms with E-state index in [1.165, 1.54) is 38.3 Å². The Hall–Kier alpha value is -11.7. The summed E-state index contributed by atoms with van der Waals surface area (Å²) >= 11 is 0. The molecule has 464 valence electrons. The third-order valence-corrected chi connectivity index (χ3v) is 20.0. The molecule has 0 saturated heterocycles. The molecule has 0 spiro atoms. The Morgan fingerprint density at radius 2 is 0.639 bits per heavy atom. The maximum absolute atomic E-state index is 2.68. The third kappa shape index (κ3) is 10.2. The second-order valence-electron chi connectivity index (χ2n) is 28.1. The highest BCUT2D eigenvalue weighted by Crippen LogP contribution is 2.55. The summed E-state index contributed by atoms with van der Waals surface area (Å²) in [4.78, 5) is 7.78. The predicted octanol–water partition coefficient (Wildman–Crippen LogP) is 23.3. The van der Waals surface area contributed by atoms with E-state index >= 15 is 0 Å². The fraction of sp³-hybridized carbons (Fsp3) is 0.0870. The average Bonchev–Trinajstić information content (AvgIpc) is 1.36. The SMILES string of the molecule is CC(C)(C)c1ccc2c(c1)c1cc(C(C)(C)C)ccc1n2-c1cc2c3c(c1)N(c1c(-c4ccccc4)cccc1-c1ccccc1)c1cc(N(c4ccccc4)c4ccccc4)ccc1B3c1ccc(-c3ccccc3)cc1N2c1c(-c2ccccc2)cccc1-c1ccccc1. The maximum Gasteiger partial charge on any atom is 0.252 e. The van der Waals surface area contributed by atoms with Gasteiger partial charge in [0.15, 0.2) is 0 Å². The molecule has 14 aromatic carbocycles. The van der Waals surface area contributed by atoms with Gasteiger partial charge in [-0.25, -0.2) is 0 Å². The fourth-order valence-corrected chi connectivity index (χ4v) is 15.3. The van der Waals surface area contributed by atoms with E-state index in [0.717, 1.165) is 124 Å². The Bertz CT molecular complexity index is 5240. The molecule has 0 N–H and O–H groups in total. The highest BCUT2D eigenvalue weighted by molar-refractivity contribution is 7.00. The summed E-state index contributed by atoms with van der Waals surface area (Å²) in [5.41, 5.74) is 30.7. The van der Waals surface area contributed by atoms with Gasteiger partial charge in [-0.2, -0.15) is 0 Å². The first kappa shape index (κ1) is 59.1. The number of aromatic nitrogens is 1. The van der Waals surface area contributed by atoms with Crippen LogP contribution >= 0.6 is 0 Å². The van der Waals surface area contributed by atoms with Crippen LogP contribution in [-0.4, -0.2) is 11.3 Å². The highest BCUT2D eigenvalue weighted by atomic mass is 15.2. The van der Waals surface area contributed by atoms with Crippen LogP contribution in [0.15, 0.2) is 334 Å². The molecule has 97 heavy (non-hydrogen) atoms. The summed E-state index contributed by atoms with van der Waals surface area (Å²) in [5, 5.41) is 2.48. The number of hydrogen-bond donors (Lipinski definition) is 0. The van der Waals surface area contributed by atoms with Crippen LogP contribution in [0.3, 0.4) is 0 Å². The molecule has 0 aliphatic carbocycles. The first-order valence-corrected chi connectivity index (χ1v) is 34.0. The van der Waals surface area contributed by atoms with Gasteiger partial charge in [0.05, 0.1) is 28.1 Å². The Morgan fingerprint density at radius 3 is 1.03 bits per heavy atom. The number of fused-ring (bicyclic) bond motifs is 7. The molecule has 0 amide bonds. The van der Waals surface area contributed by atoms with Crippen molar-refractivity contribution in [1.29, 1.82) is 0 Å². The van der Waals surface area contributed by atoms with Crippen molar-refractivity contribution in [2.75, 3.05) is 14.7 Å². The van der Waals surface area contributed by atoms with Gasteiger partial charge in [0.2, 0.25) is 0 Å². The first-order valence-electron chi connectivity index (χ1n) is 34.0. The summed E-state index contributed by atoms with van der Waals surface area (Å²) in [7, 11) is 0. The second-order valence-corrected chi connectivity index (χ2v) is 28.1. The van der Waals surface area contributed by atoms with Crippen molar-refractivity contribution in [3.05, 3.63) is 345 Å². The van der Waals surface area contributed by atoms with Crippen molar-refractivity contribution in [3.63, 3.8) is 0 Å². The number of nitrogens with zero attached hydrogens (tertiary/aromatic N) is 4. The second kappa shape index (κ2) is 23.7. The summed E-state index contributed by atoms with van der Waals surface area (Å²) < 4.78 is 2.59. The van der Waals surface area contributed by atoms with Gasteiger partial charge in [-0.15, -0.1) is 0 Å². The molecule has 0 unspecified atom stereocenters. The van der Waals surface area contributed by atoms with E-state index in [1.807, 2.05) is 0 Å². The number of rotatable bonds is 11. The van der Waals surface area contributed by atoms with E-state index in [2.05, 4.69) is 394 Å². The lowest BCUT2D eigenvalue weighted by Gasteiger charge is -2.46. The minimum absolute atomic E-state index is 0.0870. The number of hydrogen-bond acceptors (Lipinski definition) is 3. The van der Waals surface area contributed by atoms with Crippen LogP contribution in [0.2, 0.25) is 0 Å². The quantitative estimate of drug-likeness (QED) is 0.120. The van der Waals surface area contributed by atoms with E-state index < -0.39 is 0 Å². The number of para-hydroxylation sites is 4. The van der Waals surface area contributed by atoms with Crippen LogP contribution < -0.4 is 31.1 Å². The Kier molecular flexibility index (Phi) is 14.4. The van der Waals surface area contributed by atoms with Crippen molar-refractivity contribution in [3.8, 4) is 61.3 Å². The molecule has 0 fully saturated rings. The average molecular weight is 1250 g/mol. The van der Waals surface area contributed by atoms with Crippen LogP contribution in [-0.2, 0) is 10.8 Å². The first-order chi connectivity index (χ1) is 47.4. The molecule has 0 radical (unpaired) electrons. The lowest BCUT2D eigenvalue weighted by Crippen LogP contribution is -2.61. The maximum atomic E-state index is 2.68. The van der Waals surface area contributed by atoms with E-state index in [0.29, 0.717) is 0 Å². The summed E-state index contributed by atoms with van der Waals surface area (Å²) in [6.07, 6.45) is 0. The summed E-state index contributed by atoms with van der Waals surface area (Å²) in [6.45, 7) is 13.8. The van der Waals surface area contributed by atoms with Crippen molar-refractivity contribution >= 4 is 96.1 Å². The minimum Gasteiger partial charge on any atom is -0.310 e. The highest BCUT2D eigenvalue weighted by Gasteiger charge is 2.46. The summed E-state index contributed by atoms with van der Waals surface area (Å²) in [6, 6.07) is 125. The molecule has 2 aliphatic heterocycles. The van der Waals surface area contributed by atoms with Gasteiger partial charge in [0.25, 0.3) is 6.71 Å². The normalized spacial score (nSPS) is 12.6. The van der Waals surface area contributed by atoms with Crippen LogP contribution in [0.4, 0.5) is 51.2 Å². The molecule has 1 aromatic heterocycles. The van der Waals surface area contributed by atoms with Gasteiger partial charge in [0.1, 0.15) is 0 Å². The van der Waals surface area contributed by atoms with Gasteiger partial charge < -0.3 is 19.3 Å². The molecule has 2 aliphatic rings. The molecular weight excluding hydrogens is 1170 g/mol. The number of benzene rings is 14.